The van der Waals surface area contributed by atoms with Gasteiger partial charge in [-0.2, -0.15) is 13.2 Å². The van der Waals surface area contributed by atoms with E-state index in [1.54, 1.807) is 12.4 Å². The predicted molar refractivity (Wildman–Crippen MR) is 56.5 cm³/mol. The average molecular weight is 251 g/mol. The van der Waals surface area contributed by atoms with E-state index in [2.05, 4.69) is 15.0 Å². The van der Waals surface area contributed by atoms with E-state index < -0.39 is 12.8 Å². The lowest BCUT2D eigenvalue weighted by atomic mass is 10.4. The molecule has 1 N–H and O–H groups in total. The van der Waals surface area contributed by atoms with Crippen LogP contribution in [-0.2, 0) is 17.8 Å². The van der Waals surface area contributed by atoms with Crippen molar-refractivity contribution in [2.24, 2.45) is 0 Å². The van der Waals surface area contributed by atoms with Crippen molar-refractivity contribution in [3.05, 3.63) is 18.2 Å². The second-order valence-corrected chi connectivity index (χ2v) is 3.59. The molecule has 0 radical (unpaired) electrons. The maximum atomic E-state index is 11.8. The van der Waals surface area contributed by atoms with E-state index in [1.165, 1.54) is 0 Å². The highest BCUT2D eigenvalue weighted by molar-refractivity contribution is 4.91. The summed E-state index contributed by atoms with van der Waals surface area (Å²) in [5, 5.41) is 2.97. The van der Waals surface area contributed by atoms with Crippen LogP contribution >= 0.6 is 0 Å². The van der Waals surface area contributed by atoms with E-state index >= 15 is 0 Å². The third-order valence-electron chi connectivity index (χ3n) is 2.09. The minimum absolute atomic E-state index is 0.0939. The number of aromatic nitrogens is 2. The quantitative estimate of drug-likeness (QED) is 0.748. The molecule has 0 amide bonds. The Bertz CT molecular complexity index is 325. The van der Waals surface area contributed by atoms with Crippen LogP contribution in [-0.4, -0.2) is 36.0 Å². The Morgan fingerprint density at radius 1 is 1.47 bits per heavy atom. The summed E-state index contributed by atoms with van der Waals surface area (Å²) < 4.78 is 41.7. The molecule has 0 aromatic carbocycles. The van der Waals surface area contributed by atoms with Gasteiger partial charge in [0.15, 0.2) is 0 Å². The molecule has 0 spiro atoms. The van der Waals surface area contributed by atoms with Crippen molar-refractivity contribution in [2.75, 3.05) is 20.3 Å². The number of hydrogen-bond donors (Lipinski definition) is 1. The minimum atomic E-state index is -4.24. The Morgan fingerprint density at radius 2 is 2.24 bits per heavy atom. The lowest BCUT2D eigenvalue weighted by Crippen LogP contribution is -2.18. The van der Waals surface area contributed by atoms with Crippen molar-refractivity contribution in [3.63, 3.8) is 0 Å². The average Bonchev–Trinajstić information content (AvgIpc) is 2.64. The molecule has 1 aromatic heterocycles. The molecule has 0 atom stereocenters. The molecular formula is C10H16F3N3O. The highest BCUT2D eigenvalue weighted by atomic mass is 19.4. The third kappa shape index (κ3) is 5.69. The lowest BCUT2D eigenvalue weighted by molar-refractivity contribution is -0.174. The first kappa shape index (κ1) is 14.0. The fraction of sp³-hybridized carbons (Fsp3) is 0.700. The highest BCUT2D eigenvalue weighted by Gasteiger charge is 2.27. The highest BCUT2D eigenvalue weighted by Crippen LogP contribution is 2.14. The predicted octanol–water partition coefficient (Wildman–Crippen LogP) is 1.57. The molecule has 1 heterocycles. The van der Waals surface area contributed by atoms with E-state index in [4.69, 9.17) is 0 Å². The lowest BCUT2D eigenvalue weighted by Gasteiger charge is -2.09. The molecule has 1 aromatic rings. The van der Waals surface area contributed by atoms with Gasteiger partial charge in [0, 0.05) is 25.5 Å². The second kappa shape index (κ2) is 6.61. The molecule has 7 heteroatoms. The summed E-state index contributed by atoms with van der Waals surface area (Å²) in [6.07, 6.45) is -0.241. The summed E-state index contributed by atoms with van der Waals surface area (Å²) >= 11 is 0. The molecule has 0 bridgehead atoms. The molecule has 98 valence electrons. The van der Waals surface area contributed by atoms with Crippen LogP contribution in [0.25, 0.3) is 0 Å². The van der Waals surface area contributed by atoms with Crippen LogP contribution in [0.3, 0.4) is 0 Å². The SMILES string of the molecule is CNCc1nccn1CCCOCC(F)(F)F. The zero-order valence-corrected chi connectivity index (χ0v) is 9.63. The Labute approximate surface area is 97.8 Å². The number of ether oxygens (including phenoxy) is 1. The number of rotatable bonds is 7. The van der Waals surface area contributed by atoms with Crippen LogP contribution in [0.1, 0.15) is 12.2 Å². The van der Waals surface area contributed by atoms with Gasteiger partial charge in [-0.05, 0) is 13.5 Å². The first-order valence-corrected chi connectivity index (χ1v) is 5.32. The van der Waals surface area contributed by atoms with Gasteiger partial charge in [0.25, 0.3) is 0 Å². The van der Waals surface area contributed by atoms with Crippen molar-refractivity contribution in [1.29, 1.82) is 0 Å². The summed E-state index contributed by atoms with van der Waals surface area (Å²) in [6.45, 7) is 0.155. The fourth-order valence-electron chi connectivity index (χ4n) is 1.39. The van der Waals surface area contributed by atoms with Gasteiger partial charge in [0.2, 0.25) is 0 Å². The van der Waals surface area contributed by atoms with Crippen molar-refractivity contribution in [3.8, 4) is 0 Å². The number of nitrogens with zero attached hydrogens (tertiary/aromatic N) is 2. The van der Waals surface area contributed by atoms with Crippen LogP contribution in [0, 0.1) is 0 Å². The first-order chi connectivity index (χ1) is 8.03. The number of alkyl halides is 3. The van der Waals surface area contributed by atoms with Crippen LogP contribution in [0.4, 0.5) is 13.2 Å². The van der Waals surface area contributed by atoms with Gasteiger partial charge in [-0.15, -0.1) is 0 Å². The smallest absolute Gasteiger partial charge is 0.372 e. The van der Waals surface area contributed by atoms with Crippen molar-refractivity contribution < 1.29 is 17.9 Å². The summed E-state index contributed by atoms with van der Waals surface area (Å²) in [5.41, 5.74) is 0. The van der Waals surface area contributed by atoms with E-state index in [0.29, 0.717) is 19.5 Å². The summed E-state index contributed by atoms with van der Waals surface area (Å²) in [7, 11) is 1.81. The number of hydrogen-bond acceptors (Lipinski definition) is 3. The zero-order chi connectivity index (χ0) is 12.7. The van der Waals surface area contributed by atoms with E-state index in [0.717, 1.165) is 5.82 Å². The van der Waals surface area contributed by atoms with E-state index in [-0.39, 0.29) is 6.61 Å². The molecular weight excluding hydrogens is 235 g/mol. The summed E-state index contributed by atoms with van der Waals surface area (Å²) in [6, 6.07) is 0. The molecule has 0 saturated heterocycles. The van der Waals surface area contributed by atoms with Crippen molar-refractivity contribution in [1.82, 2.24) is 14.9 Å². The van der Waals surface area contributed by atoms with Gasteiger partial charge < -0.3 is 14.6 Å². The van der Waals surface area contributed by atoms with Crippen LogP contribution in [0.2, 0.25) is 0 Å². The molecule has 0 aliphatic heterocycles. The van der Waals surface area contributed by atoms with Gasteiger partial charge >= 0.3 is 6.18 Å². The van der Waals surface area contributed by atoms with Gasteiger partial charge in [-0.3, -0.25) is 0 Å². The Morgan fingerprint density at radius 3 is 2.88 bits per heavy atom. The van der Waals surface area contributed by atoms with Crippen molar-refractivity contribution in [2.45, 2.75) is 25.7 Å². The minimum Gasteiger partial charge on any atom is -0.372 e. The van der Waals surface area contributed by atoms with Gasteiger partial charge in [-0.1, -0.05) is 0 Å². The second-order valence-electron chi connectivity index (χ2n) is 3.59. The number of imidazole rings is 1. The van der Waals surface area contributed by atoms with E-state index in [1.807, 2.05) is 11.6 Å². The maximum Gasteiger partial charge on any atom is 0.411 e. The van der Waals surface area contributed by atoms with Crippen molar-refractivity contribution >= 4 is 0 Å². The van der Waals surface area contributed by atoms with Gasteiger partial charge in [0.1, 0.15) is 12.4 Å². The molecule has 0 saturated carbocycles. The summed E-state index contributed by atoms with van der Waals surface area (Å²) in [5.74, 6) is 0.864. The van der Waals surface area contributed by atoms with Gasteiger partial charge in [-0.25, -0.2) is 4.98 Å². The zero-order valence-electron chi connectivity index (χ0n) is 9.63. The van der Waals surface area contributed by atoms with Crippen LogP contribution in [0.5, 0.6) is 0 Å². The van der Waals surface area contributed by atoms with Crippen LogP contribution in [0.15, 0.2) is 12.4 Å². The Kier molecular flexibility index (Phi) is 5.43. The number of aryl methyl sites for hydroxylation is 1. The van der Waals surface area contributed by atoms with Gasteiger partial charge in [0.05, 0.1) is 6.54 Å². The first-order valence-electron chi connectivity index (χ1n) is 5.32. The van der Waals surface area contributed by atoms with E-state index in [9.17, 15) is 13.2 Å². The molecule has 0 unspecified atom stereocenters. The normalized spacial score (nSPS) is 12.0. The molecule has 1 rings (SSSR count). The monoisotopic (exact) mass is 251 g/mol. The molecule has 0 aliphatic rings. The Hall–Kier alpha value is -1.08. The summed E-state index contributed by atoms with van der Waals surface area (Å²) in [4.78, 5) is 4.12. The molecule has 4 nitrogen and oxygen atoms in total. The largest absolute Gasteiger partial charge is 0.411 e. The third-order valence-corrected chi connectivity index (χ3v) is 2.09. The number of halogens is 3. The maximum absolute atomic E-state index is 11.8. The Balaban J connectivity index is 2.20. The molecule has 17 heavy (non-hydrogen) atoms. The fourth-order valence-corrected chi connectivity index (χ4v) is 1.39. The number of nitrogens with one attached hydrogen (secondary N) is 1. The van der Waals surface area contributed by atoms with Crippen LogP contribution < -0.4 is 5.32 Å². The molecule has 0 fully saturated rings. The topological polar surface area (TPSA) is 39.1 Å². The molecule has 0 aliphatic carbocycles. The standard InChI is InChI=1S/C10H16F3N3O/c1-14-7-9-15-3-5-16(9)4-2-6-17-8-10(11,12)13/h3,5,14H,2,4,6-8H2,1H3.